The molecule has 1 aliphatic rings. The number of nitrogens with one attached hydrogen (secondary N) is 2. The number of nitrogens with zero attached hydrogens (tertiary/aromatic N) is 3. The van der Waals surface area contributed by atoms with Gasteiger partial charge in [0, 0.05) is 21.1 Å². The Balaban J connectivity index is 2.75. The Kier molecular flexibility index (Phi) is 3.33. The number of rotatable bonds is 2. The summed E-state index contributed by atoms with van der Waals surface area (Å²) in [5.74, 6) is 1.37. The van der Waals surface area contributed by atoms with Gasteiger partial charge in [-0.25, -0.2) is 0 Å². The van der Waals surface area contributed by atoms with Gasteiger partial charge in [-0.1, -0.05) is 13.3 Å². The quantitative estimate of drug-likeness (QED) is 0.678. The highest BCUT2D eigenvalue weighted by molar-refractivity contribution is 6.01. The largest absolute Gasteiger partial charge is 0.347 e. The highest BCUT2D eigenvalue weighted by atomic mass is 15.5. The first kappa shape index (κ1) is 10.8. The number of likely N-dealkylation sites (N-methyl/N-ethyl adjacent to an activating group) is 1. The summed E-state index contributed by atoms with van der Waals surface area (Å²) < 4.78 is 0. The van der Waals surface area contributed by atoms with Crippen molar-refractivity contribution in [3.63, 3.8) is 0 Å². The lowest BCUT2D eigenvalue weighted by Crippen LogP contribution is -2.54. The van der Waals surface area contributed by atoms with Crippen LogP contribution in [0.4, 0.5) is 0 Å². The van der Waals surface area contributed by atoms with Gasteiger partial charge in [0.15, 0.2) is 0 Å². The molecule has 1 rings (SSSR count). The minimum absolute atomic E-state index is 0.0636. The monoisotopic (exact) mass is 197 g/mol. The first-order valence-electron chi connectivity index (χ1n) is 4.90. The fourth-order valence-corrected chi connectivity index (χ4v) is 1.50. The predicted molar refractivity (Wildman–Crippen MR) is 58.4 cm³/mol. The summed E-state index contributed by atoms with van der Waals surface area (Å²) >= 11 is 0. The first-order chi connectivity index (χ1) is 6.57. The molecule has 2 N–H and O–H groups in total. The molecule has 1 unspecified atom stereocenters. The summed E-state index contributed by atoms with van der Waals surface area (Å²) in [5, 5.41) is 12.2. The Morgan fingerprint density at radius 1 is 1.57 bits per heavy atom. The molecule has 0 aromatic heterocycles. The number of guanidine groups is 1. The van der Waals surface area contributed by atoms with E-state index in [9.17, 15) is 0 Å². The third-order valence-electron chi connectivity index (χ3n) is 2.29. The van der Waals surface area contributed by atoms with Gasteiger partial charge in [-0.2, -0.15) is 0 Å². The molecule has 80 valence electrons. The molecule has 0 saturated carbocycles. The van der Waals surface area contributed by atoms with Crippen LogP contribution >= 0.6 is 0 Å². The summed E-state index contributed by atoms with van der Waals surface area (Å²) in [6, 6.07) is 0.0636. The maximum absolute atomic E-state index is 7.93. The maximum atomic E-state index is 7.93. The van der Waals surface area contributed by atoms with Gasteiger partial charge in [0.2, 0.25) is 5.96 Å². The Hall–Kier alpha value is -1.26. The Morgan fingerprint density at radius 3 is 2.71 bits per heavy atom. The molecule has 5 heteroatoms. The van der Waals surface area contributed by atoms with Crippen LogP contribution < -0.4 is 5.43 Å². The van der Waals surface area contributed by atoms with Crippen LogP contribution in [0.25, 0.3) is 0 Å². The zero-order valence-corrected chi connectivity index (χ0v) is 9.33. The van der Waals surface area contributed by atoms with Crippen LogP contribution in [0.1, 0.15) is 19.8 Å². The number of amidine groups is 1. The third-order valence-corrected chi connectivity index (χ3v) is 2.29. The maximum Gasteiger partial charge on any atom is 0.223 e. The van der Waals surface area contributed by atoms with Crippen LogP contribution in [-0.2, 0) is 0 Å². The molecule has 0 amide bonds. The molecule has 0 spiro atoms. The van der Waals surface area contributed by atoms with Gasteiger partial charge < -0.3 is 9.80 Å². The van der Waals surface area contributed by atoms with Crippen LogP contribution in [0.15, 0.2) is 5.10 Å². The van der Waals surface area contributed by atoms with Gasteiger partial charge in [-0.15, -0.1) is 5.10 Å². The van der Waals surface area contributed by atoms with E-state index in [0.29, 0.717) is 5.84 Å². The smallest absolute Gasteiger partial charge is 0.223 e. The molecule has 5 nitrogen and oxygen atoms in total. The number of hydrogen-bond donors (Lipinski definition) is 2. The van der Waals surface area contributed by atoms with Crippen molar-refractivity contribution < 1.29 is 0 Å². The summed E-state index contributed by atoms with van der Waals surface area (Å²) in [6.07, 6.45) is 2.01. The highest BCUT2D eigenvalue weighted by Gasteiger charge is 2.25. The van der Waals surface area contributed by atoms with E-state index >= 15 is 0 Å². The average molecular weight is 197 g/mol. The average Bonchev–Trinajstić information content (AvgIpc) is 2.13. The zero-order valence-electron chi connectivity index (χ0n) is 9.33. The van der Waals surface area contributed by atoms with Crippen molar-refractivity contribution >= 4 is 11.8 Å². The normalized spacial score (nSPS) is 21.7. The standard InChI is InChI=1S/C9H19N5/c1-5-6-7-8(10)14(4)9(12-11-7)13(2)3/h7,10-11H,5-6H2,1-4H3. The highest BCUT2D eigenvalue weighted by Crippen LogP contribution is 2.07. The van der Waals surface area contributed by atoms with Crippen LogP contribution in [0, 0.1) is 5.41 Å². The van der Waals surface area contributed by atoms with Crippen LogP contribution in [0.3, 0.4) is 0 Å². The molecule has 0 saturated heterocycles. The zero-order chi connectivity index (χ0) is 10.7. The molecule has 0 aromatic rings. The molecular weight excluding hydrogens is 178 g/mol. The lowest BCUT2D eigenvalue weighted by Gasteiger charge is -2.34. The number of hydrogen-bond acceptors (Lipinski definition) is 4. The van der Waals surface area contributed by atoms with Gasteiger partial charge >= 0.3 is 0 Å². The van der Waals surface area contributed by atoms with Crippen molar-refractivity contribution in [1.29, 1.82) is 5.41 Å². The molecule has 1 atom stereocenters. The van der Waals surface area contributed by atoms with Crippen LogP contribution in [-0.4, -0.2) is 48.8 Å². The molecule has 0 radical (unpaired) electrons. The second kappa shape index (κ2) is 4.30. The van der Waals surface area contributed by atoms with Crippen molar-refractivity contribution in [2.45, 2.75) is 25.8 Å². The molecule has 0 aliphatic carbocycles. The molecule has 1 aliphatic heterocycles. The minimum Gasteiger partial charge on any atom is -0.347 e. The molecule has 0 bridgehead atoms. The van der Waals surface area contributed by atoms with Gasteiger partial charge in [0.25, 0.3) is 0 Å². The minimum atomic E-state index is 0.0636. The van der Waals surface area contributed by atoms with Gasteiger partial charge in [0.1, 0.15) is 11.9 Å². The summed E-state index contributed by atoms with van der Waals surface area (Å²) in [4.78, 5) is 3.71. The lowest BCUT2D eigenvalue weighted by molar-refractivity contribution is 0.449. The van der Waals surface area contributed by atoms with Crippen molar-refractivity contribution in [1.82, 2.24) is 15.2 Å². The van der Waals surface area contributed by atoms with Crippen molar-refractivity contribution in [2.75, 3.05) is 21.1 Å². The summed E-state index contributed by atoms with van der Waals surface area (Å²) in [6.45, 7) is 2.11. The summed E-state index contributed by atoms with van der Waals surface area (Å²) in [5.41, 5.74) is 3.01. The molecule has 1 heterocycles. The SMILES string of the molecule is CCCC1NN=C(N(C)C)N(C)C1=N. The van der Waals surface area contributed by atoms with Gasteiger partial charge in [0.05, 0.1) is 0 Å². The molecule has 0 fully saturated rings. The molecule has 0 aromatic carbocycles. The summed E-state index contributed by atoms with van der Waals surface area (Å²) in [7, 11) is 5.72. The first-order valence-corrected chi connectivity index (χ1v) is 4.90. The Morgan fingerprint density at radius 2 is 2.21 bits per heavy atom. The van der Waals surface area contributed by atoms with E-state index in [4.69, 9.17) is 5.41 Å². The molecule has 14 heavy (non-hydrogen) atoms. The van der Waals surface area contributed by atoms with Crippen molar-refractivity contribution in [3.05, 3.63) is 0 Å². The van der Waals surface area contributed by atoms with E-state index in [1.165, 1.54) is 0 Å². The van der Waals surface area contributed by atoms with E-state index in [1.54, 1.807) is 0 Å². The Labute approximate surface area is 85.3 Å². The van der Waals surface area contributed by atoms with Crippen molar-refractivity contribution in [3.8, 4) is 0 Å². The third kappa shape index (κ3) is 1.97. The van der Waals surface area contributed by atoms with E-state index in [1.807, 2.05) is 30.9 Å². The van der Waals surface area contributed by atoms with Gasteiger partial charge in [-0.3, -0.25) is 10.8 Å². The van der Waals surface area contributed by atoms with E-state index in [2.05, 4.69) is 17.5 Å². The topological polar surface area (TPSA) is 54.7 Å². The number of hydrazone groups is 1. The van der Waals surface area contributed by atoms with E-state index in [0.717, 1.165) is 18.8 Å². The lowest BCUT2D eigenvalue weighted by atomic mass is 10.1. The van der Waals surface area contributed by atoms with Crippen molar-refractivity contribution in [2.24, 2.45) is 5.10 Å². The van der Waals surface area contributed by atoms with Crippen LogP contribution in [0.5, 0.6) is 0 Å². The second-order valence-corrected chi connectivity index (χ2v) is 3.72. The second-order valence-electron chi connectivity index (χ2n) is 3.72. The fraction of sp³-hybridized carbons (Fsp3) is 0.778. The van der Waals surface area contributed by atoms with Crippen LogP contribution in [0.2, 0.25) is 0 Å². The molecular formula is C9H19N5. The van der Waals surface area contributed by atoms with Gasteiger partial charge in [-0.05, 0) is 6.42 Å². The Bertz CT molecular complexity index is 246. The van der Waals surface area contributed by atoms with E-state index in [-0.39, 0.29) is 6.04 Å². The van der Waals surface area contributed by atoms with E-state index < -0.39 is 0 Å². The predicted octanol–water partition coefficient (Wildman–Crippen LogP) is 0.500. The fourth-order valence-electron chi connectivity index (χ4n) is 1.50.